The first-order valence-corrected chi connectivity index (χ1v) is 14.0. The van der Waals surface area contributed by atoms with E-state index in [1.165, 1.54) is 67.3 Å². The molecule has 1 N–H and O–H groups in total. The summed E-state index contributed by atoms with van der Waals surface area (Å²) in [6.07, 6.45) is 3.67. The number of hydrogen-bond acceptors (Lipinski definition) is 2. The molecule has 218 valence electrons. The minimum Gasteiger partial charge on any atom is -0.317 e. The Morgan fingerprint density at radius 1 is 0.769 bits per heavy atom. The van der Waals surface area contributed by atoms with Crippen LogP contribution in [-0.4, -0.2) is 24.2 Å². The molecule has 0 aliphatic heterocycles. The van der Waals surface area contributed by atoms with Gasteiger partial charge in [0.15, 0.2) is 0 Å². The third-order valence-corrected chi connectivity index (χ3v) is 6.33. The Labute approximate surface area is 236 Å². The zero-order valence-electron chi connectivity index (χ0n) is 25.6. The number of aryl methyl sites for hydroxylation is 6. The van der Waals surface area contributed by atoms with Gasteiger partial charge in [0.2, 0.25) is 0 Å². The second-order valence-electron chi connectivity index (χ2n) is 10.4. The van der Waals surface area contributed by atoms with Gasteiger partial charge >= 0.3 is 6.18 Å². The summed E-state index contributed by atoms with van der Waals surface area (Å²) in [5, 5.41) is 3.26. The summed E-state index contributed by atoms with van der Waals surface area (Å²) in [5.41, 5.74) is 7.72. The van der Waals surface area contributed by atoms with Crippen LogP contribution >= 0.6 is 0 Å². The van der Waals surface area contributed by atoms with Gasteiger partial charge in [-0.3, -0.25) is 4.98 Å². The van der Waals surface area contributed by atoms with Crippen LogP contribution in [0.5, 0.6) is 0 Å². The van der Waals surface area contributed by atoms with E-state index in [0.717, 1.165) is 11.7 Å². The summed E-state index contributed by atoms with van der Waals surface area (Å²) >= 11 is 0. The molecule has 1 fully saturated rings. The molecular formula is C34H51F3N2. The smallest absolute Gasteiger partial charge is 0.317 e. The van der Waals surface area contributed by atoms with Gasteiger partial charge in [-0.2, -0.15) is 13.2 Å². The maximum Gasteiger partial charge on any atom is 0.391 e. The molecule has 0 saturated heterocycles. The van der Waals surface area contributed by atoms with E-state index in [9.17, 15) is 13.2 Å². The Hall–Kier alpha value is -2.66. The molecule has 1 aromatic heterocycles. The zero-order valence-corrected chi connectivity index (χ0v) is 25.6. The summed E-state index contributed by atoms with van der Waals surface area (Å²) in [6.45, 7) is 15.2. The fourth-order valence-corrected chi connectivity index (χ4v) is 3.75. The van der Waals surface area contributed by atoms with E-state index in [0.29, 0.717) is 0 Å². The zero-order chi connectivity index (χ0) is 29.8. The van der Waals surface area contributed by atoms with Crippen LogP contribution in [0, 0.1) is 47.5 Å². The van der Waals surface area contributed by atoms with Crippen LogP contribution in [0.2, 0.25) is 0 Å². The lowest BCUT2D eigenvalue weighted by molar-refractivity contribution is -0.170. The van der Waals surface area contributed by atoms with Crippen molar-refractivity contribution in [3.05, 3.63) is 100 Å². The lowest BCUT2D eigenvalue weighted by Gasteiger charge is -2.11. The second kappa shape index (κ2) is 20.3. The third kappa shape index (κ3) is 20.0. The van der Waals surface area contributed by atoms with Crippen LogP contribution in [0.1, 0.15) is 79.5 Å². The van der Waals surface area contributed by atoms with Crippen LogP contribution in [0.15, 0.2) is 66.9 Å². The highest BCUT2D eigenvalue weighted by Gasteiger charge is 2.33. The van der Waals surface area contributed by atoms with Crippen molar-refractivity contribution in [2.45, 2.75) is 99.7 Å². The van der Waals surface area contributed by atoms with Gasteiger partial charge in [0.05, 0.1) is 5.92 Å². The fraction of sp³-hybridized carbons (Fsp3) is 0.500. The average Bonchev–Trinajstić information content (AvgIpc) is 3.38. The number of benzene rings is 2. The third-order valence-electron chi connectivity index (χ3n) is 6.33. The highest BCUT2D eigenvalue weighted by Crippen LogP contribution is 2.27. The van der Waals surface area contributed by atoms with Crippen molar-refractivity contribution in [2.24, 2.45) is 5.92 Å². The lowest BCUT2D eigenvalue weighted by atomic mass is 10.1. The molecule has 1 aliphatic carbocycles. The normalized spacial score (nSPS) is 13.2. The predicted molar refractivity (Wildman–Crippen MR) is 162 cm³/mol. The summed E-state index contributed by atoms with van der Waals surface area (Å²) in [4.78, 5) is 4.04. The van der Waals surface area contributed by atoms with Gasteiger partial charge in [-0.15, -0.1) is 0 Å². The van der Waals surface area contributed by atoms with Crippen molar-refractivity contribution in [1.29, 1.82) is 0 Å². The molecule has 3 aromatic rings. The number of nitrogens with one attached hydrogen (secondary N) is 1. The summed E-state index contributed by atoms with van der Waals surface area (Å²) in [5.74, 6) is -1.15. The Balaban J connectivity index is 0.000000463. The topological polar surface area (TPSA) is 24.9 Å². The maximum absolute atomic E-state index is 11.4. The van der Waals surface area contributed by atoms with Crippen molar-refractivity contribution in [3.63, 3.8) is 0 Å². The van der Waals surface area contributed by atoms with Crippen molar-refractivity contribution in [3.8, 4) is 0 Å². The Morgan fingerprint density at radius 2 is 1.18 bits per heavy atom. The molecule has 2 aromatic carbocycles. The number of aromatic nitrogens is 1. The van der Waals surface area contributed by atoms with Crippen LogP contribution in [0.25, 0.3) is 0 Å². The molecule has 1 atom stereocenters. The van der Waals surface area contributed by atoms with Crippen LogP contribution < -0.4 is 5.32 Å². The summed E-state index contributed by atoms with van der Waals surface area (Å²) in [7, 11) is 2.05. The summed E-state index contributed by atoms with van der Waals surface area (Å²) < 4.78 is 34.3. The quantitative estimate of drug-likeness (QED) is 0.347. The molecule has 2 nitrogen and oxygen atoms in total. The molecule has 0 amide bonds. The van der Waals surface area contributed by atoms with E-state index in [1.807, 2.05) is 19.2 Å². The lowest BCUT2D eigenvalue weighted by Crippen LogP contribution is -2.20. The molecule has 1 heterocycles. The Morgan fingerprint density at radius 3 is 1.36 bits per heavy atom. The van der Waals surface area contributed by atoms with E-state index in [1.54, 1.807) is 0 Å². The standard InChI is InChI=1S/2C8H10.C7H9N.C6H13N.C5H9F3/c2*1-7-4-3-5-8(2)6-7;1-6-3-4-8-7(2)5-6;1-7-6-4-2-3-5-6;1-3-4(2)5(6,7)8/h2*3-6H,1-2H3;3-5H,1-2H3;6-7H,2-5H2,1H3;4H,3H2,1-2H3. The van der Waals surface area contributed by atoms with E-state index < -0.39 is 12.1 Å². The van der Waals surface area contributed by atoms with Crippen molar-refractivity contribution >= 4 is 0 Å². The minimum atomic E-state index is -3.99. The van der Waals surface area contributed by atoms with E-state index in [2.05, 4.69) is 107 Å². The Bertz CT molecular complexity index is 870. The second-order valence-corrected chi connectivity index (χ2v) is 10.4. The van der Waals surface area contributed by atoms with Crippen LogP contribution in [0.3, 0.4) is 0 Å². The van der Waals surface area contributed by atoms with E-state index in [4.69, 9.17) is 0 Å². The van der Waals surface area contributed by atoms with Gasteiger partial charge in [0, 0.05) is 17.9 Å². The van der Waals surface area contributed by atoms with Gasteiger partial charge in [0.1, 0.15) is 0 Å². The van der Waals surface area contributed by atoms with Crippen molar-refractivity contribution in [2.75, 3.05) is 7.05 Å². The molecule has 1 unspecified atom stereocenters. The fourth-order valence-electron chi connectivity index (χ4n) is 3.75. The maximum atomic E-state index is 11.4. The molecule has 0 radical (unpaired) electrons. The number of pyridine rings is 1. The molecule has 39 heavy (non-hydrogen) atoms. The minimum absolute atomic E-state index is 0.170. The number of nitrogens with zero attached hydrogens (tertiary/aromatic N) is 1. The molecule has 1 aliphatic rings. The van der Waals surface area contributed by atoms with E-state index >= 15 is 0 Å². The average molecular weight is 545 g/mol. The SMILES string of the molecule is CCC(C)C(F)(F)F.CNC1CCCC1.Cc1cccc(C)c1.Cc1cccc(C)c1.Cc1ccnc(C)c1. The summed E-state index contributed by atoms with van der Waals surface area (Å²) in [6, 6.07) is 21.8. The van der Waals surface area contributed by atoms with Crippen molar-refractivity contribution in [1.82, 2.24) is 10.3 Å². The highest BCUT2D eigenvalue weighted by molar-refractivity contribution is 5.21. The largest absolute Gasteiger partial charge is 0.391 e. The van der Waals surface area contributed by atoms with Crippen molar-refractivity contribution < 1.29 is 13.2 Å². The number of halogens is 3. The molecular weight excluding hydrogens is 493 g/mol. The monoisotopic (exact) mass is 544 g/mol. The van der Waals surface area contributed by atoms with Gasteiger partial charge < -0.3 is 5.32 Å². The van der Waals surface area contributed by atoms with Crippen LogP contribution in [0.4, 0.5) is 13.2 Å². The van der Waals surface area contributed by atoms with Crippen LogP contribution in [-0.2, 0) is 0 Å². The Kier molecular flexibility index (Phi) is 18.9. The first-order chi connectivity index (χ1) is 18.3. The van der Waals surface area contributed by atoms with Gasteiger partial charge in [-0.05, 0) is 85.5 Å². The number of alkyl halides is 3. The molecule has 5 heteroatoms. The predicted octanol–water partition coefficient (Wildman–Crippen LogP) is 10.0. The number of rotatable bonds is 2. The molecule has 0 spiro atoms. The first kappa shape index (κ1) is 36.3. The van der Waals surface area contributed by atoms with Gasteiger partial charge in [-0.25, -0.2) is 0 Å². The first-order valence-electron chi connectivity index (χ1n) is 14.0. The molecule has 1 saturated carbocycles. The number of hydrogen-bond donors (Lipinski definition) is 1. The molecule has 0 bridgehead atoms. The highest BCUT2D eigenvalue weighted by atomic mass is 19.4. The van der Waals surface area contributed by atoms with Gasteiger partial charge in [-0.1, -0.05) is 97.5 Å². The van der Waals surface area contributed by atoms with E-state index in [-0.39, 0.29) is 6.42 Å². The van der Waals surface area contributed by atoms with Gasteiger partial charge in [0.25, 0.3) is 0 Å². The molecule has 4 rings (SSSR count).